The van der Waals surface area contributed by atoms with E-state index in [-0.39, 0.29) is 0 Å². The van der Waals surface area contributed by atoms with Gasteiger partial charge in [-0.15, -0.1) is 65.8 Å². The van der Waals surface area contributed by atoms with Gasteiger partial charge >= 0.3 is 0 Å². The fraction of sp³-hybridized carbons (Fsp3) is 0.535. The van der Waals surface area contributed by atoms with Crippen LogP contribution in [0, 0.1) is 0 Å². The number of allylic oxidation sites excluding steroid dienone is 50. The highest BCUT2D eigenvalue weighted by atomic mass is 14.1. The molecule has 0 saturated heterocycles. The molecule has 0 bridgehead atoms. The Bertz CT molecular complexity index is 3220. The van der Waals surface area contributed by atoms with Crippen LogP contribution in [0.1, 0.15) is 457 Å². The van der Waals surface area contributed by atoms with Gasteiger partial charge in [0, 0.05) is 0 Å². The highest BCUT2D eigenvalue weighted by Crippen LogP contribution is 2.21. The van der Waals surface area contributed by atoms with Crippen molar-refractivity contribution in [3.05, 3.63) is 361 Å². The van der Waals surface area contributed by atoms with Gasteiger partial charge in [0.1, 0.15) is 0 Å². The average Bonchev–Trinajstić information content (AvgIpc) is 0.998. The number of rotatable bonds is 61. The van der Waals surface area contributed by atoms with Gasteiger partial charge in [-0.2, -0.15) is 0 Å². The van der Waals surface area contributed by atoms with Crippen LogP contribution in [0.3, 0.4) is 0 Å². The quantitative estimate of drug-likeness (QED) is 0.0421. The van der Waals surface area contributed by atoms with Crippen LogP contribution in [0.4, 0.5) is 0 Å². The molecule has 0 fully saturated rings. The minimum atomic E-state index is 1.03. The predicted octanol–water partition coefficient (Wildman–Crippen LogP) is 46.1. The molecule has 129 heavy (non-hydrogen) atoms. The van der Waals surface area contributed by atoms with Gasteiger partial charge in [0.2, 0.25) is 0 Å². The monoisotopic (exact) mass is 1770 g/mol. The Labute approximate surface area is 812 Å². The van der Waals surface area contributed by atoms with E-state index in [0.717, 1.165) is 83.5 Å². The van der Waals surface area contributed by atoms with Crippen molar-refractivity contribution in [2.24, 2.45) is 0 Å². The van der Waals surface area contributed by atoms with Crippen molar-refractivity contribution in [1.82, 2.24) is 0 Å². The number of unbranched alkanes of at least 4 members (excludes halogenated alkanes) is 7. The van der Waals surface area contributed by atoms with E-state index < -0.39 is 0 Å². The Hall–Kier alpha value is -7.80. The lowest BCUT2D eigenvalue weighted by Crippen LogP contribution is -1.82. The van der Waals surface area contributed by atoms with E-state index in [9.17, 15) is 0 Å². The first-order valence-electron chi connectivity index (χ1n) is 50.8. The van der Waals surface area contributed by atoms with Crippen LogP contribution >= 0.6 is 0 Å². The highest BCUT2D eigenvalue weighted by molar-refractivity contribution is 5.15. The minimum absolute atomic E-state index is 1.03. The van der Waals surface area contributed by atoms with Gasteiger partial charge in [0.05, 0.1) is 0 Å². The van der Waals surface area contributed by atoms with Crippen molar-refractivity contribution in [1.29, 1.82) is 0 Å². The standard InChI is InChI=1S/3C14H24.4C13H22.2C12H20.C11H18/c2*1-5-10-14(6-2)12-9-7-8-11-13(3)4;1-5-9-13(4)11-8-12-14(7-3)10-6-2;2*1-5-9-13(6-2)11-8-7-10-12(3)4;1-5-9-13(7-3)11-8-10-12(4)6-2;1-4-7-8-9-10-12-13(6-3)11-5-2;2*1-5-8-12(6-2)10-7-9-11(3)4;1-4-7-8-10-11(6-3)9-5-2/h2*5-6,11H,1,7-10,12H2,2-4H3;6-7,11H,2,5,8-10,12H2,1,3-4H3;2*5-6,10H,1,7-9,11H2,2-4H3;5,7,10H,1,6,8-9,11H2,2-4H3;5-6,8-9H,2,4,7,10-12H2,1,3H3;2*5-6,9H,1,7-8,10H2,2-4H3;4-7H,2,8-10H2,1,3H3/b2*14-6-;13-11+,14-7-;2*13-6-;12-10+,13-7-;9-8+,13-6-;2*12-6-;7-4-,11-6-. The summed E-state index contributed by atoms with van der Waals surface area (Å²) in [5.74, 6) is 0. The molecular weight excluding hydrogens is 1550 g/mol. The van der Waals surface area contributed by atoms with E-state index in [1.165, 1.54) is 280 Å². The zero-order chi connectivity index (χ0) is 100. The molecule has 0 heterocycles. The Morgan fingerprint density at radius 2 is 0.372 bits per heavy atom. The largest absolute Gasteiger partial charge is 0.103 e. The maximum Gasteiger partial charge on any atom is -0.0142 e. The molecule has 0 unspecified atom stereocenters. The third kappa shape index (κ3) is 131. The van der Waals surface area contributed by atoms with E-state index in [1.807, 2.05) is 60.8 Å². The van der Waals surface area contributed by atoms with Crippen molar-refractivity contribution in [3.63, 3.8) is 0 Å². The predicted molar refractivity (Wildman–Crippen MR) is 614 cm³/mol. The maximum absolute atomic E-state index is 3.77. The Balaban J connectivity index is -0.000000153. The molecule has 0 aliphatic rings. The molecule has 734 valence electrons. The van der Waals surface area contributed by atoms with Gasteiger partial charge in [-0.25, -0.2) is 0 Å². The molecule has 0 aromatic carbocycles. The van der Waals surface area contributed by atoms with Crippen molar-refractivity contribution >= 4 is 0 Å². The average molecular weight is 1770 g/mol. The summed E-state index contributed by atoms with van der Waals surface area (Å²) < 4.78 is 0. The second-order valence-corrected chi connectivity index (χ2v) is 34.6. The lowest BCUT2D eigenvalue weighted by atomic mass is 10.0. The fourth-order valence-electron chi connectivity index (χ4n) is 12.6. The van der Waals surface area contributed by atoms with Crippen LogP contribution in [0.2, 0.25) is 0 Å². The summed E-state index contributed by atoms with van der Waals surface area (Å²) in [6, 6.07) is 0. The molecule has 0 saturated carbocycles. The van der Waals surface area contributed by atoms with Gasteiger partial charge in [-0.3, -0.25) is 0 Å². The van der Waals surface area contributed by atoms with Crippen LogP contribution in [0.5, 0.6) is 0 Å². The van der Waals surface area contributed by atoms with Crippen LogP contribution < -0.4 is 0 Å². The van der Waals surface area contributed by atoms with Gasteiger partial charge in [0.15, 0.2) is 0 Å². The lowest BCUT2D eigenvalue weighted by Gasteiger charge is -2.02. The number of hydrogen-bond acceptors (Lipinski definition) is 0. The van der Waals surface area contributed by atoms with Gasteiger partial charge in [-0.1, -0.05) is 328 Å². The summed E-state index contributed by atoms with van der Waals surface area (Å²) in [4.78, 5) is 0. The highest BCUT2D eigenvalue weighted by Gasteiger charge is 2.01. The van der Waals surface area contributed by atoms with E-state index in [2.05, 4.69) is 393 Å². The molecule has 0 aromatic heterocycles. The third-order valence-electron chi connectivity index (χ3n) is 20.9. The van der Waals surface area contributed by atoms with Crippen molar-refractivity contribution in [2.75, 3.05) is 0 Å². The minimum Gasteiger partial charge on any atom is -0.103 e. The molecule has 0 N–H and O–H groups in total. The van der Waals surface area contributed by atoms with Crippen molar-refractivity contribution in [2.45, 2.75) is 457 Å². The van der Waals surface area contributed by atoms with E-state index >= 15 is 0 Å². The van der Waals surface area contributed by atoms with Crippen molar-refractivity contribution < 1.29 is 0 Å². The Morgan fingerprint density at radius 1 is 0.178 bits per heavy atom. The first kappa shape index (κ1) is 142. The summed E-state index contributed by atoms with van der Waals surface area (Å²) in [5.41, 5.74) is 26.6. The molecule has 0 nitrogen and oxygen atoms in total. The topological polar surface area (TPSA) is 0 Å². The third-order valence-corrected chi connectivity index (χ3v) is 20.9. The molecule has 0 radical (unpaired) electrons. The van der Waals surface area contributed by atoms with Gasteiger partial charge in [-0.05, 0) is 424 Å². The zero-order valence-electron chi connectivity index (χ0n) is 91.5. The Morgan fingerprint density at radius 3 is 0.581 bits per heavy atom. The van der Waals surface area contributed by atoms with E-state index in [0.29, 0.717) is 0 Å². The summed E-state index contributed by atoms with van der Waals surface area (Å²) in [6.45, 7) is 97.5. The van der Waals surface area contributed by atoms with E-state index in [4.69, 9.17) is 0 Å². The van der Waals surface area contributed by atoms with E-state index in [1.54, 1.807) is 0 Å². The second kappa shape index (κ2) is 120. The van der Waals surface area contributed by atoms with Crippen LogP contribution in [0.25, 0.3) is 0 Å². The molecule has 0 aromatic rings. The normalized spacial score (nSPS) is 11.8. The summed E-state index contributed by atoms with van der Waals surface area (Å²) >= 11 is 0. The molecule has 0 rings (SSSR count). The molecule has 0 aliphatic carbocycles. The van der Waals surface area contributed by atoms with Gasteiger partial charge < -0.3 is 0 Å². The smallest absolute Gasteiger partial charge is 0.0142 e. The van der Waals surface area contributed by atoms with Gasteiger partial charge in [0.25, 0.3) is 0 Å². The molecular formula is C129H218. The summed E-state index contributed by atoms with van der Waals surface area (Å²) in [7, 11) is 0. The van der Waals surface area contributed by atoms with Crippen LogP contribution in [-0.2, 0) is 0 Å². The molecule has 0 aliphatic heterocycles. The second-order valence-electron chi connectivity index (χ2n) is 34.6. The lowest BCUT2D eigenvalue weighted by molar-refractivity contribution is 0.731. The first-order chi connectivity index (χ1) is 61.9. The number of hydrogen-bond donors (Lipinski definition) is 0. The summed E-state index contributed by atoms with van der Waals surface area (Å²) in [6.07, 6.45) is 117. The Kier molecular flexibility index (Phi) is 132. The molecule has 0 amide bonds. The maximum atomic E-state index is 3.77. The van der Waals surface area contributed by atoms with Crippen LogP contribution in [0.15, 0.2) is 361 Å². The fourth-order valence-corrected chi connectivity index (χ4v) is 12.6. The molecule has 0 atom stereocenters. The first-order valence-corrected chi connectivity index (χ1v) is 50.8. The summed E-state index contributed by atoms with van der Waals surface area (Å²) in [5, 5.41) is 0. The van der Waals surface area contributed by atoms with Crippen LogP contribution in [-0.4, -0.2) is 0 Å². The van der Waals surface area contributed by atoms with Crippen molar-refractivity contribution in [3.8, 4) is 0 Å². The SMILES string of the molecule is C=CC/C(=C/C)CC/C=C(\C)CC.C=CC/C(=C/C)CC/C=C(\C)CCC.C=CC/C(=C/C)CC/C=C/CCC.C=CC/C(=C/C)CC/C=C\C.C=CC/C(=C/C)CCC=C(C)C.C=CC/C(=C/C)CCC=C(C)C.C=CC/C(=C/C)CCCC=C(C)C.C=CC/C(=C/C)CCCC=C(C)C.C=CC/C(=C/C)CCCCC=C(C)C.C=CC/C(=C/C)CCCCC=C(C)C. The zero-order valence-corrected chi connectivity index (χ0v) is 91.5. The molecule has 0 heteroatoms. The molecule has 0 spiro atoms.